The lowest BCUT2D eigenvalue weighted by molar-refractivity contribution is -0.121. The van der Waals surface area contributed by atoms with Crippen molar-refractivity contribution >= 4 is 5.91 Å². The number of rotatable bonds is 6. The molecule has 0 aromatic heterocycles. The van der Waals surface area contributed by atoms with Gasteiger partial charge in [0.25, 0.3) is 0 Å². The van der Waals surface area contributed by atoms with Crippen molar-refractivity contribution < 1.29 is 4.79 Å². The van der Waals surface area contributed by atoms with E-state index in [9.17, 15) is 4.79 Å². The lowest BCUT2D eigenvalue weighted by atomic mass is 9.94. The Morgan fingerprint density at radius 1 is 1.46 bits per heavy atom. The Morgan fingerprint density at radius 3 is 2.46 bits per heavy atom. The molecule has 0 bridgehead atoms. The monoisotopic (exact) mass is 186 g/mol. The smallest absolute Gasteiger partial charge is 0.220 e. The van der Waals surface area contributed by atoms with Crippen LogP contribution in [0.3, 0.4) is 0 Å². The van der Waals surface area contributed by atoms with Gasteiger partial charge in [-0.25, -0.2) is 0 Å². The normalized spacial score (nSPS) is 13.0. The molecule has 0 aliphatic carbocycles. The van der Waals surface area contributed by atoms with E-state index in [4.69, 9.17) is 5.73 Å². The highest BCUT2D eigenvalue weighted by Crippen LogP contribution is 2.13. The van der Waals surface area contributed by atoms with Crippen molar-refractivity contribution in [2.45, 2.75) is 33.6 Å². The van der Waals surface area contributed by atoms with Gasteiger partial charge in [-0.1, -0.05) is 13.8 Å². The summed E-state index contributed by atoms with van der Waals surface area (Å²) < 4.78 is 0. The molecular weight excluding hydrogens is 164 g/mol. The summed E-state index contributed by atoms with van der Waals surface area (Å²) >= 11 is 0. The van der Waals surface area contributed by atoms with Crippen LogP contribution in [-0.4, -0.2) is 19.0 Å². The van der Waals surface area contributed by atoms with Gasteiger partial charge in [0.05, 0.1) is 0 Å². The summed E-state index contributed by atoms with van der Waals surface area (Å²) in [6, 6.07) is 0. The van der Waals surface area contributed by atoms with Gasteiger partial charge in [0, 0.05) is 13.0 Å². The van der Waals surface area contributed by atoms with Crippen LogP contribution >= 0.6 is 0 Å². The minimum Gasteiger partial charge on any atom is -0.356 e. The van der Waals surface area contributed by atoms with Crippen LogP contribution in [0.5, 0.6) is 0 Å². The zero-order chi connectivity index (χ0) is 10.3. The van der Waals surface area contributed by atoms with Crippen LogP contribution in [0.25, 0.3) is 0 Å². The number of hydrogen-bond donors (Lipinski definition) is 2. The van der Waals surface area contributed by atoms with Crippen LogP contribution in [-0.2, 0) is 4.79 Å². The summed E-state index contributed by atoms with van der Waals surface area (Å²) in [4.78, 5) is 11.2. The third-order valence-corrected chi connectivity index (χ3v) is 1.99. The topological polar surface area (TPSA) is 55.1 Å². The van der Waals surface area contributed by atoms with Gasteiger partial charge in [-0.2, -0.15) is 0 Å². The minimum atomic E-state index is 0.124. The second kappa shape index (κ2) is 6.89. The molecule has 0 aromatic rings. The molecule has 0 aromatic carbocycles. The van der Waals surface area contributed by atoms with Crippen LogP contribution < -0.4 is 11.1 Å². The number of carbonyl (C=O) groups is 1. The average molecular weight is 186 g/mol. The first-order valence-corrected chi connectivity index (χ1v) is 5.06. The first kappa shape index (κ1) is 12.4. The van der Waals surface area contributed by atoms with E-state index in [1.807, 2.05) is 6.92 Å². The summed E-state index contributed by atoms with van der Waals surface area (Å²) in [5.41, 5.74) is 5.59. The minimum absolute atomic E-state index is 0.124. The molecule has 13 heavy (non-hydrogen) atoms. The molecule has 0 spiro atoms. The van der Waals surface area contributed by atoms with Crippen molar-refractivity contribution in [1.29, 1.82) is 0 Å². The molecule has 1 atom stereocenters. The van der Waals surface area contributed by atoms with E-state index in [-0.39, 0.29) is 5.91 Å². The van der Waals surface area contributed by atoms with Crippen LogP contribution in [0.2, 0.25) is 0 Å². The fourth-order valence-electron chi connectivity index (χ4n) is 1.46. The molecule has 1 amide bonds. The third kappa shape index (κ3) is 6.58. The number of nitrogens with one attached hydrogen (secondary N) is 1. The van der Waals surface area contributed by atoms with Gasteiger partial charge < -0.3 is 11.1 Å². The van der Waals surface area contributed by atoms with E-state index in [1.165, 1.54) is 0 Å². The van der Waals surface area contributed by atoms with E-state index in [0.717, 1.165) is 6.42 Å². The largest absolute Gasteiger partial charge is 0.356 e. The third-order valence-electron chi connectivity index (χ3n) is 1.99. The number of nitrogens with two attached hydrogens (primary N) is 1. The summed E-state index contributed by atoms with van der Waals surface area (Å²) in [5, 5.41) is 2.79. The molecule has 3 heteroatoms. The standard InChI is InChI=1S/C10H22N2O/c1-4-12-10(13)6-9(7-11)5-8(2)3/h8-9H,4-7,11H2,1-3H3,(H,12,13). The summed E-state index contributed by atoms with van der Waals surface area (Å²) in [6.07, 6.45) is 1.61. The molecule has 1 unspecified atom stereocenters. The molecule has 0 saturated carbocycles. The van der Waals surface area contributed by atoms with E-state index >= 15 is 0 Å². The Morgan fingerprint density at radius 2 is 2.08 bits per heavy atom. The van der Waals surface area contributed by atoms with Crippen molar-refractivity contribution in [1.82, 2.24) is 5.32 Å². The first-order valence-electron chi connectivity index (χ1n) is 5.06. The molecule has 0 aliphatic heterocycles. The van der Waals surface area contributed by atoms with Gasteiger partial charge >= 0.3 is 0 Å². The SMILES string of the molecule is CCNC(=O)CC(CN)CC(C)C. The first-order chi connectivity index (χ1) is 6.10. The summed E-state index contributed by atoms with van der Waals surface area (Å²) in [5.74, 6) is 1.08. The Balaban J connectivity index is 3.76. The van der Waals surface area contributed by atoms with Crippen molar-refractivity contribution in [3.8, 4) is 0 Å². The van der Waals surface area contributed by atoms with E-state index in [2.05, 4.69) is 19.2 Å². The molecule has 0 heterocycles. The van der Waals surface area contributed by atoms with Gasteiger partial charge in [-0.3, -0.25) is 4.79 Å². The second-order valence-electron chi connectivity index (χ2n) is 3.89. The van der Waals surface area contributed by atoms with Crippen LogP contribution in [0.4, 0.5) is 0 Å². The molecule has 0 aliphatic rings. The lowest BCUT2D eigenvalue weighted by Crippen LogP contribution is -2.28. The average Bonchev–Trinajstić information content (AvgIpc) is 2.02. The molecule has 78 valence electrons. The molecule has 3 N–H and O–H groups in total. The highest BCUT2D eigenvalue weighted by Gasteiger charge is 2.12. The number of carbonyl (C=O) groups excluding carboxylic acids is 1. The number of hydrogen-bond acceptors (Lipinski definition) is 2. The van der Waals surface area contributed by atoms with Crippen LogP contribution in [0, 0.1) is 11.8 Å². The van der Waals surface area contributed by atoms with Gasteiger partial charge in [0.2, 0.25) is 5.91 Å². The Hall–Kier alpha value is -0.570. The van der Waals surface area contributed by atoms with Gasteiger partial charge in [0.15, 0.2) is 0 Å². The molecular formula is C10H22N2O. The highest BCUT2D eigenvalue weighted by molar-refractivity contribution is 5.76. The van der Waals surface area contributed by atoms with Gasteiger partial charge in [-0.05, 0) is 31.7 Å². The Bertz CT molecular complexity index is 146. The van der Waals surface area contributed by atoms with Crippen molar-refractivity contribution in [2.24, 2.45) is 17.6 Å². The maximum absolute atomic E-state index is 11.2. The molecule has 0 rings (SSSR count). The van der Waals surface area contributed by atoms with Crippen molar-refractivity contribution in [3.05, 3.63) is 0 Å². The quantitative estimate of drug-likeness (QED) is 0.653. The molecule has 0 radical (unpaired) electrons. The van der Waals surface area contributed by atoms with Crippen LogP contribution in [0.1, 0.15) is 33.6 Å². The van der Waals surface area contributed by atoms with Gasteiger partial charge in [-0.15, -0.1) is 0 Å². The van der Waals surface area contributed by atoms with E-state index < -0.39 is 0 Å². The molecule has 0 saturated heterocycles. The Kier molecular flexibility index (Phi) is 6.59. The summed E-state index contributed by atoms with van der Waals surface area (Å²) in [7, 11) is 0. The molecule has 3 nitrogen and oxygen atoms in total. The van der Waals surface area contributed by atoms with Gasteiger partial charge in [0.1, 0.15) is 0 Å². The maximum atomic E-state index is 11.2. The maximum Gasteiger partial charge on any atom is 0.220 e. The molecule has 0 fully saturated rings. The summed E-state index contributed by atoms with van der Waals surface area (Å²) in [6.45, 7) is 7.55. The number of amides is 1. The lowest BCUT2D eigenvalue weighted by Gasteiger charge is -2.16. The Labute approximate surface area is 81.1 Å². The van der Waals surface area contributed by atoms with E-state index in [1.54, 1.807) is 0 Å². The zero-order valence-corrected chi connectivity index (χ0v) is 8.97. The van der Waals surface area contributed by atoms with Crippen molar-refractivity contribution in [3.63, 3.8) is 0 Å². The second-order valence-corrected chi connectivity index (χ2v) is 3.89. The fraction of sp³-hybridized carbons (Fsp3) is 0.900. The predicted octanol–water partition coefficient (Wildman–Crippen LogP) is 1.13. The van der Waals surface area contributed by atoms with Crippen molar-refractivity contribution in [2.75, 3.05) is 13.1 Å². The fourth-order valence-corrected chi connectivity index (χ4v) is 1.46. The van der Waals surface area contributed by atoms with Crippen LogP contribution in [0.15, 0.2) is 0 Å². The zero-order valence-electron chi connectivity index (χ0n) is 8.97. The predicted molar refractivity (Wildman–Crippen MR) is 55.3 cm³/mol. The van der Waals surface area contributed by atoms with E-state index in [0.29, 0.717) is 31.3 Å². The highest BCUT2D eigenvalue weighted by atomic mass is 16.1.